The lowest BCUT2D eigenvalue weighted by Gasteiger charge is -2.34. The van der Waals surface area contributed by atoms with Gasteiger partial charge in [0.25, 0.3) is 0 Å². The van der Waals surface area contributed by atoms with Gasteiger partial charge in [-0.3, -0.25) is 0 Å². The third-order valence-corrected chi connectivity index (χ3v) is 3.06. The molecule has 0 aromatic carbocycles. The quantitative estimate of drug-likeness (QED) is 0.524. The first kappa shape index (κ1) is 13.2. The van der Waals surface area contributed by atoms with Gasteiger partial charge in [-0.25, -0.2) is 24.4 Å². The van der Waals surface area contributed by atoms with Crippen molar-refractivity contribution in [3.05, 3.63) is 0 Å². The molecule has 6 nitrogen and oxygen atoms in total. The smallest absolute Gasteiger partial charge is 0.211 e. The van der Waals surface area contributed by atoms with Gasteiger partial charge in [0.2, 0.25) is 18.2 Å². The molecule has 0 saturated heterocycles. The highest BCUT2D eigenvalue weighted by molar-refractivity contribution is 5.37. The van der Waals surface area contributed by atoms with Crippen molar-refractivity contribution in [3.8, 4) is 0 Å². The van der Waals surface area contributed by atoms with E-state index in [4.69, 9.17) is 0 Å². The Morgan fingerprint density at radius 3 is 2.53 bits per heavy atom. The van der Waals surface area contributed by atoms with Crippen molar-refractivity contribution in [1.29, 1.82) is 0 Å². The molecule has 1 aliphatic carbocycles. The molecule has 17 heavy (non-hydrogen) atoms. The molecule has 1 fully saturated rings. The van der Waals surface area contributed by atoms with E-state index in [1.165, 1.54) is 12.2 Å². The third-order valence-electron chi connectivity index (χ3n) is 3.06. The van der Waals surface area contributed by atoms with Crippen LogP contribution in [0.1, 0.15) is 25.7 Å². The topological polar surface area (TPSA) is 88.3 Å². The van der Waals surface area contributed by atoms with Crippen LogP contribution in [0.15, 0.2) is 15.0 Å². The summed E-state index contributed by atoms with van der Waals surface area (Å²) in [6, 6.07) is 0. The molecule has 0 N–H and O–H groups in total. The number of rotatable bonds is 5. The number of aliphatic imine (C=N–C) groups is 3. The van der Waals surface area contributed by atoms with Crippen LogP contribution in [-0.4, -0.2) is 36.9 Å². The van der Waals surface area contributed by atoms with Crippen LogP contribution in [0.3, 0.4) is 0 Å². The van der Waals surface area contributed by atoms with Gasteiger partial charge >= 0.3 is 0 Å². The fourth-order valence-corrected chi connectivity index (χ4v) is 2.34. The normalized spacial score (nSPS) is 27.2. The van der Waals surface area contributed by atoms with Crippen molar-refractivity contribution in [3.63, 3.8) is 0 Å². The average Bonchev–Trinajstić information content (AvgIpc) is 2.35. The van der Waals surface area contributed by atoms with Crippen molar-refractivity contribution in [1.82, 2.24) is 0 Å². The lowest BCUT2D eigenvalue weighted by molar-refractivity contribution is 0.237. The zero-order valence-electron chi connectivity index (χ0n) is 9.39. The molecule has 90 valence electrons. The molecule has 0 radical (unpaired) electrons. The van der Waals surface area contributed by atoms with Gasteiger partial charge in [-0.2, -0.15) is 4.99 Å². The van der Waals surface area contributed by atoms with Crippen molar-refractivity contribution in [2.75, 3.05) is 13.1 Å². The SMILES string of the molecule is O=C=NCC1CCCC(CN=C=O)(N=C=O)C1. The highest BCUT2D eigenvalue weighted by Crippen LogP contribution is 2.35. The fourth-order valence-electron chi connectivity index (χ4n) is 2.34. The first-order valence-electron chi connectivity index (χ1n) is 5.42. The molecule has 1 aliphatic rings. The Labute approximate surface area is 98.6 Å². The Kier molecular flexibility index (Phi) is 5.18. The van der Waals surface area contributed by atoms with Gasteiger partial charge in [0.05, 0.1) is 18.6 Å². The monoisotopic (exact) mass is 235 g/mol. The van der Waals surface area contributed by atoms with Crippen molar-refractivity contribution >= 4 is 18.2 Å². The molecule has 2 unspecified atom stereocenters. The summed E-state index contributed by atoms with van der Waals surface area (Å²) in [7, 11) is 0. The number of isocyanates is 3. The minimum atomic E-state index is -0.666. The van der Waals surface area contributed by atoms with E-state index in [0.717, 1.165) is 12.8 Å². The maximum Gasteiger partial charge on any atom is 0.235 e. The van der Waals surface area contributed by atoms with Crippen LogP contribution < -0.4 is 0 Å². The largest absolute Gasteiger partial charge is 0.235 e. The van der Waals surface area contributed by atoms with Gasteiger partial charge in [-0.15, -0.1) is 0 Å². The number of nitrogens with zero attached hydrogens (tertiary/aromatic N) is 3. The zero-order chi connectivity index (χ0) is 12.6. The van der Waals surface area contributed by atoms with E-state index >= 15 is 0 Å². The average molecular weight is 235 g/mol. The van der Waals surface area contributed by atoms with Gasteiger partial charge in [0, 0.05) is 0 Å². The Balaban J connectivity index is 2.78. The second-order valence-electron chi connectivity index (χ2n) is 4.23. The van der Waals surface area contributed by atoms with E-state index in [0.29, 0.717) is 19.4 Å². The van der Waals surface area contributed by atoms with Gasteiger partial charge in [0.1, 0.15) is 0 Å². The molecule has 2 atom stereocenters. The lowest BCUT2D eigenvalue weighted by atomic mass is 9.76. The van der Waals surface area contributed by atoms with Gasteiger partial charge < -0.3 is 0 Å². The summed E-state index contributed by atoms with van der Waals surface area (Å²) in [5.41, 5.74) is -0.666. The molecule has 6 heteroatoms. The maximum absolute atomic E-state index is 10.4. The van der Waals surface area contributed by atoms with Crippen LogP contribution in [0.5, 0.6) is 0 Å². The van der Waals surface area contributed by atoms with E-state index in [9.17, 15) is 14.4 Å². The maximum atomic E-state index is 10.4. The molecule has 0 spiro atoms. The van der Waals surface area contributed by atoms with E-state index in [1.54, 1.807) is 6.08 Å². The van der Waals surface area contributed by atoms with Gasteiger partial charge in [-0.1, -0.05) is 6.42 Å². The summed E-state index contributed by atoms with van der Waals surface area (Å²) in [5.74, 6) is 0.171. The van der Waals surface area contributed by atoms with Crippen LogP contribution in [-0.2, 0) is 14.4 Å². The molecule has 0 amide bonds. The molecule has 0 heterocycles. The summed E-state index contributed by atoms with van der Waals surface area (Å²) >= 11 is 0. The molecular weight excluding hydrogens is 222 g/mol. The van der Waals surface area contributed by atoms with Crippen molar-refractivity contribution < 1.29 is 14.4 Å². The van der Waals surface area contributed by atoms with Crippen molar-refractivity contribution in [2.45, 2.75) is 31.2 Å². The molecule has 0 aliphatic heterocycles. The summed E-state index contributed by atoms with van der Waals surface area (Å²) < 4.78 is 0. The second kappa shape index (κ2) is 6.66. The highest BCUT2D eigenvalue weighted by Gasteiger charge is 2.36. The van der Waals surface area contributed by atoms with Crippen LogP contribution in [0.25, 0.3) is 0 Å². The summed E-state index contributed by atoms with van der Waals surface area (Å²) in [4.78, 5) is 41.5. The van der Waals surface area contributed by atoms with E-state index in [1.807, 2.05) is 0 Å². The van der Waals surface area contributed by atoms with Crippen LogP contribution in [0.2, 0.25) is 0 Å². The molecule has 0 aromatic rings. The second-order valence-corrected chi connectivity index (χ2v) is 4.23. The van der Waals surface area contributed by atoms with Crippen LogP contribution in [0, 0.1) is 5.92 Å². The number of hydrogen-bond donors (Lipinski definition) is 0. The Morgan fingerprint density at radius 2 is 1.88 bits per heavy atom. The predicted molar refractivity (Wildman–Crippen MR) is 58.8 cm³/mol. The molecule has 0 bridgehead atoms. The number of carbonyl (C=O) groups excluding carboxylic acids is 3. The first-order chi connectivity index (χ1) is 8.26. The van der Waals surface area contributed by atoms with Crippen molar-refractivity contribution in [2.24, 2.45) is 20.9 Å². The van der Waals surface area contributed by atoms with Gasteiger partial charge in [-0.05, 0) is 25.2 Å². The molecule has 1 rings (SSSR count). The van der Waals surface area contributed by atoms with Crippen LogP contribution in [0.4, 0.5) is 0 Å². The minimum absolute atomic E-state index is 0.146. The first-order valence-corrected chi connectivity index (χ1v) is 5.42. The van der Waals surface area contributed by atoms with E-state index in [-0.39, 0.29) is 12.5 Å². The molecule has 0 aromatic heterocycles. The molecular formula is C11H13N3O3. The van der Waals surface area contributed by atoms with Crippen LogP contribution >= 0.6 is 0 Å². The van der Waals surface area contributed by atoms with E-state index < -0.39 is 5.54 Å². The summed E-state index contributed by atoms with van der Waals surface area (Å²) in [6.45, 7) is 0.525. The zero-order valence-corrected chi connectivity index (χ0v) is 9.39. The minimum Gasteiger partial charge on any atom is -0.211 e. The Hall–Kier alpha value is -1.86. The lowest BCUT2D eigenvalue weighted by Crippen LogP contribution is -2.37. The standard InChI is InChI=1S/C11H13N3O3/c15-7-12-5-10-2-1-3-11(4-10,14-9-17)6-13-8-16/h10H,1-6H2. The summed E-state index contributed by atoms with van der Waals surface area (Å²) in [6.07, 6.45) is 7.55. The Bertz CT molecular complexity index is 404. The fraction of sp³-hybridized carbons (Fsp3) is 0.727. The predicted octanol–water partition coefficient (Wildman–Crippen LogP) is 0.923. The molecule has 1 saturated carbocycles. The van der Waals surface area contributed by atoms with Gasteiger partial charge in [0.15, 0.2) is 0 Å². The Morgan fingerprint density at radius 1 is 1.12 bits per heavy atom. The van der Waals surface area contributed by atoms with E-state index in [2.05, 4.69) is 15.0 Å². The highest BCUT2D eigenvalue weighted by atomic mass is 16.1. The summed E-state index contributed by atoms with van der Waals surface area (Å²) in [5, 5.41) is 0. The number of hydrogen-bond acceptors (Lipinski definition) is 6. The third kappa shape index (κ3) is 3.89.